The van der Waals surface area contributed by atoms with Gasteiger partial charge in [0, 0.05) is 6.54 Å². The van der Waals surface area contributed by atoms with Gasteiger partial charge < -0.3 is 10.8 Å². The van der Waals surface area contributed by atoms with Gasteiger partial charge in [-0.25, -0.2) is 0 Å². The Balaban J connectivity index is 2.42. The van der Waals surface area contributed by atoms with Crippen LogP contribution in [0.5, 0.6) is 5.75 Å². The van der Waals surface area contributed by atoms with E-state index in [0.717, 1.165) is 23.9 Å². The molecule has 0 bridgehead atoms. The predicted octanol–water partition coefficient (Wildman–Crippen LogP) is 1.09. The summed E-state index contributed by atoms with van der Waals surface area (Å²) in [6.07, 6.45) is 2.58. The van der Waals surface area contributed by atoms with E-state index in [4.69, 9.17) is 5.73 Å². The minimum atomic E-state index is 0.279. The minimum Gasteiger partial charge on any atom is -0.507 e. The molecule has 0 unspecified atom stereocenters. The molecule has 14 heavy (non-hydrogen) atoms. The average molecular weight is 191 g/mol. The van der Waals surface area contributed by atoms with Crippen LogP contribution in [0.2, 0.25) is 0 Å². The highest BCUT2D eigenvalue weighted by Gasteiger charge is 2.04. The topological polar surface area (TPSA) is 64.1 Å². The lowest BCUT2D eigenvalue weighted by Gasteiger charge is -2.01. The molecule has 0 atom stereocenters. The van der Waals surface area contributed by atoms with Crippen molar-refractivity contribution in [2.24, 2.45) is 5.73 Å². The third-order valence-electron chi connectivity index (χ3n) is 2.24. The van der Waals surface area contributed by atoms with Crippen LogP contribution in [0.4, 0.5) is 0 Å². The summed E-state index contributed by atoms with van der Waals surface area (Å²) in [6.45, 7) is 1.45. The third kappa shape index (κ3) is 1.44. The van der Waals surface area contributed by atoms with Gasteiger partial charge in [0.05, 0.1) is 17.1 Å². The Morgan fingerprint density at radius 1 is 1.43 bits per heavy atom. The lowest BCUT2D eigenvalue weighted by atomic mass is 10.2. The molecule has 0 spiro atoms. The highest BCUT2D eigenvalue weighted by atomic mass is 16.3. The van der Waals surface area contributed by atoms with Gasteiger partial charge in [-0.2, -0.15) is 5.10 Å². The third-order valence-corrected chi connectivity index (χ3v) is 2.24. The molecule has 1 aromatic heterocycles. The van der Waals surface area contributed by atoms with Gasteiger partial charge in [0.2, 0.25) is 0 Å². The van der Waals surface area contributed by atoms with Crippen LogP contribution in [0.25, 0.3) is 10.9 Å². The molecule has 0 radical (unpaired) electrons. The maximum atomic E-state index is 9.53. The number of nitrogens with zero attached hydrogens (tertiary/aromatic N) is 2. The number of benzene rings is 1. The van der Waals surface area contributed by atoms with E-state index < -0.39 is 0 Å². The summed E-state index contributed by atoms with van der Waals surface area (Å²) in [4.78, 5) is 0. The van der Waals surface area contributed by atoms with Crippen molar-refractivity contribution in [3.8, 4) is 5.75 Å². The summed E-state index contributed by atoms with van der Waals surface area (Å²) in [5, 5.41) is 14.5. The van der Waals surface area contributed by atoms with Crippen LogP contribution in [-0.2, 0) is 6.54 Å². The molecule has 1 heterocycles. The standard InChI is InChI=1S/C10H13N3O/c11-5-2-6-13-9-3-1-4-10(14)8(9)7-12-13/h1,3-4,7,14H,2,5-6,11H2. The number of hydrogen-bond acceptors (Lipinski definition) is 3. The van der Waals surface area contributed by atoms with Crippen LogP contribution in [0, 0.1) is 0 Å². The largest absolute Gasteiger partial charge is 0.507 e. The Morgan fingerprint density at radius 2 is 2.29 bits per heavy atom. The van der Waals surface area contributed by atoms with Gasteiger partial charge >= 0.3 is 0 Å². The number of aryl methyl sites for hydroxylation is 1. The van der Waals surface area contributed by atoms with E-state index in [1.165, 1.54) is 0 Å². The van der Waals surface area contributed by atoms with E-state index in [1.807, 2.05) is 16.8 Å². The van der Waals surface area contributed by atoms with Gasteiger partial charge in [-0.3, -0.25) is 4.68 Å². The number of aromatic hydroxyl groups is 1. The smallest absolute Gasteiger partial charge is 0.126 e. The maximum absolute atomic E-state index is 9.53. The predicted molar refractivity (Wildman–Crippen MR) is 55.1 cm³/mol. The highest BCUT2D eigenvalue weighted by Crippen LogP contribution is 2.23. The molecular weight excluding hydrogens is 178 g/mol. The summed E-state index contributed by atoms with van der Waals surface area (Å²) >= 11 is 0. The van der Waals surface area contributed by atoms with Gasteiger partial charge in [-0.05, 0) is 25.1 Å². The molecule has 2 rings (SSSR count). The van der Waals surface area contributed by atoms with Gasteiger partial charge in [0.25, 0.3) is 0 Å². The highest BCUT2D eigenvalue weighted by molar-refractivity contribution is 5.84. The van der Waals surface area contributed by atoms with Gasteiger partial charge in [-0.15, -0.1) is 0 Å². The van der Waals surface area contributed by atoms with Crippen molar-refractivity contribution in [2.45, 2.75) is 13.0 Å². The van der Waals surface area contributed by atoms with Crippen LogP contribution in [0.1, 0.15) is 6.42 Å². The second kappa shape index (κ2) is 3.67. The van der Waals surface area contributed by atoms with Crippen molar-refractivity contribution in [1.82, 2.24) is 9.78 Å². The van der Waals surface area contributed by atoms with Gasteiger partial charge in [-0.1, -0.05) is 6.07 Å². The molecule has 0 saturated carbocycles. The number of phenols is 1. The van der Waals surface area contributed by atoms with Gasteiger partial charge in [0.1, 0.15) is 5.75 Å². The van der Waals surface area contributed by atoms with Crippen molar-refractivity contribution < 1.29 is 5.11 Å². The molecule has 0 aliphatic carbocycles. The lowest BCUT2D eigenvalue weighted by Crippen LogP contribution is -2.06. The fourth-order valence-electron chi connectivity index (χ4n) is 1.51. The zero-order chi connectivity index (χ0) is 9.97. The lowest BCUT2D eigenvalue weighted by molar-refractivity contribution is 0.481. The summed E-state index contributed by atoms with van der Waals surface area (Å²) in [5.41, 5.74) is 6.39. The molecule has 0 aliphatic heterocycles. The van der Waals surface area contributed by atoms with Crippen LogP contribution in [0.15, 0.2) is 24.4 Å². The fraction of sp³-hybridized carbons (Fsp3) is 0.300. The average Bonchev–Trinajstić information content (AvgIpc) is 2.60. The number of phenolic OH excluding ortho intramolecular Hbond substituents is 1. The molecule has 0 saturated heterocycles. The van der Waals surface area contributed by atoms with Crippen molar-refractivity contribution in [3.63, 3.8) is 0 Å². The zero-order valence-corrected chi connectivity index (χ0v) is 7.85. The summed E-state index contributed by atoms with van der Waals surface area (Å²) in [6, 6.07) is 5.42. The van der Waals surface area contributed by atoms with Crippen molar-refractivity contribution in [1.29, 1.82) is 0 Å². The number of rotatable bonds is 3. The first-order chi connectivity index (χ1) is 6.83. The number of fused-ring (bicyclic) bond motifs is 1. The molecule has 0 amide bonds. The Bertz CT molecular complexity index is 436. The molecule has 0 aliphatic rings. The van der Waals surface area contributed by atoms with E-state index in [2.05, 4.69) is 5.10 Å². The number of nitrogens with two attached hydrogens (primary N) is 1. The molecule has 3 N–H and O–H groups in total. The fourth-order valence-corrected chi connectivity index (χ4v) is 1.51. The quantitative estimate of drug-likeness (QED) is 0.763. The molecule has 2 aromatic rings. The zero-order valence-electron chi connectivity index (χ0n) is 7.85. The molecule has 4 heteroatoms. The molecule has 0 fully saturated rings. The molecular formula is C10H13N3O. The first-order valence-electron chi connectivity index (χ1n) is 4.66. The Kier molecular flexibility index (Phi) is 2.37. The molecule has 74 valence electrons. The van der Waals surface area contributed by atoms with E-state index >= 15 is 0 Å². The van der Waals surface area contributed by atoms with E-state index in [0.29, 0.717) is 6.54 Å². The Labute approximate surface area is 81.9 Å². The molecule has 1 aromatic carbocycles. The van der Waals surface area contributed by atoms with Crippen LogP contribution >= 0.6 is 0 Å². The van der Waals surface area contributed by atoms with Crippen molar-refractivity contribution in [2.75, 3.05) is 6.54 Å². The minimum absolute atomic E-state index is 0.279. The maximum Gasteiger partial charge on any atom is 0.126 e. The van der Waals surface area contributed by atoms with E-state index in [9.17, 15) is 5.11 Å². The SMILES string of the molecule is NCCCn1ncc2c(O)cccc21. The van der Waals surface area contributed by atoms with Gasteiger partial charge in [0.15, 0.2) is 0 Å². The van der Waals surface area contributed by atoms with E-state index in [-0.39, 0.29) is 5.75 Å². The summed E-state index contributed by atoms with van der Waals surface area (Å²) < 4.78 is 1.86. The monoisotopic (exact) mass is 191 g/mol. The Hall–Kier alpha value is -1.55. The van der Waals surface area contributed by atoms with Crippen molar-refractivity contribution >= 4 is 10.9 Å². The van der Waals surface area contributed by atoms with Crippen molar-refractivity contribution in [3.05, 3.63) is 24.4 Å². The second-order valence-corrected chi connectivity index (χ2v) is 3.22. The van der Waals surface area contributed by atoms with Crippen LogP contribution < -0.4 is 5.73 Å². The first kappa shape index (κ1) is 9.02. The van der Waals surface area contributed by atoms with Crippen LogP contribution in [0.3, 0.4) is 0 Å². The summed E-state index contributed by atoms with van der Waals surface area (Å²) in [7, 11) is 0. The van der Waals surface area contributed by atoms with Crippen LogP contribution in [-0.4, -0.2) is 21.4 Å². The first-order valence-corrected chi connectivity index (χ1v) is 4.66. The number of hydrogen-bond donors (Lipinski definition) is 2. The summed E-state index contributed by atoms with van der Waals surface area (Å²) in [5.74, 6) is 0.279. The Morgan fingerprint density at radius 3 is 3.07 bits per heavy atom. The molecule has 4 nitrogen and oxygen atoms in total. The van der Waals surface area contributed by atoms with E-state index in [1.54, 1.807) is 12.3 Å². The second-order valence-electron chi connectivity index (χ2n) is 3.22. The normalized spacial score (nSPS) is 10.9. The number of aromatic nitrogens is 2.